The van der Waals surface area contributed by atoms with Crippen molar-refractivity contribution in [2.45, 2.75) is 95.8 Å². The molecule has 9 rings (SSSR count). The van der Waals surface area contributed by atoms with Crippen LogP contribution in [0, 0.1) is 10.8 Å². The number of hydrazine groups is 1. The lowest BCUT2D eigenvalue weighted by Crippen LogP contribution is -2.61. The van der Waals surface area contributed by atoms with Crippen LogP contribution in [0.3, 0.4) is 0 Å². The van der Waals surface area contributed by atoms with Crippen molar-refractivity contribution in [3.8, 4) is 22.5 Å². The van der Waals surface area contributed by atoms with Gasteiger partial charge in [0.15, 0.2) is 6.10 Å². The molecular weight excluding hydrogens is 787 g/mol. The van der Waals surface area contributed by atoms with Gasteiger partial charge in [-0.05, 0) is 68.5 Å². The van der Waals surface area contributed by atoms with E-state index in [0.717, 1.165) is 56.2 Å². The van der Waals surface area contributed by atoms with Crippen LogP contribution >= 0.6 is 11.3 Å². The highest BCUT2D eigenvalue weighted by molar-refractivity contribution is 7.10. The predicted octanol–water partition coefficient (Wildman–Crippen LogP) is 4.28. The molecule has 1 aromatic carbocycles. The molecule has 59 heavy (non-hydrogen) atoms. The fourth-order valence-electron chi connectivity index (χ4n) is 9.55. The molecule has 3 aromatic heterocycles. The topological polar surface area (TPSA) is 157 Å². The van der Waals surface area contributed by atoms with Crippen molar-refractivity contribution in [2.75, 3.05) is 40.0 Å². The zero-order chi connectivity index (χ0) is 41.4. The normalized spacial score (nSPS) is 28.1. The quantitative estimate of drug-likeness (QED) is 0.212. The van der Waals surface area contributed by atoms with E-state index < -0.39 is 34.1 Å². The lowest BCUT2D eigenvalue weighted by atomic mass is 9.84. The van der Waals surface area contributed by atoms with Crippen LogP contribution in [0.15, 0.2) is 41.9 Å². The molecule has 1 spiro atoms. The zero-order valence-electron chi connectivity index (χ0n) is 34.4. The number of cyclic esters (lactones) is 1. The van der Waals surface area contributed by atoms with Crippen molar-refractivity contribution in [3.63, 3.8) is 0 Å². The molecule has 2 radical (unpaired) electrons. The van der Waals surface area contributed by atoms with Crippen molar-refractivity contribution in [3.05, 3.63) is 58.2 Å². The summed E-state index contributed by atoms with van der Waals surface area (Å²) < 4.78 is 20.1. The number of pyridine rings is 1. The number of amides is 3. The number of nitrogens with zero attached hydrogens (tertiary/aromatic N) is 5. The van der Waals surface area contributed by atoms with Crippen LogP contribution in [0.2, 0.25) is 5.54 Å². The van der Waals surface area contributed by atoms with Gasteiger partial charge in [-0.25, -0.2) is 10.4 Å². The van der Waals surface area contributed by atoms with E-state index in [4.69, 9.17) is 24.2 Å². The van der Waals surface area contributed by atoms with Crippen LogP contribution in [-0.4, -0.2) is 115 Å². The highest BCUT2D eigenvalue weighted by Gasteiger charge is 2.93. The van der Waals surface area contributed by atoms with Crippen molar-refractivity contribution in [1.29, 1.82) is 0 Å². The highest BCUT2D eigenvalue weighted by atomic mass is 32.1. The molecule has 6 bridgehead atoms. The number of hydrogen-bond donors (Lipinski definition) is 2. The van der Waals surface area contributed by atoms with Gasteiger partial charge in [0.05, 0.1) is 62.9 Å². The lowest BCUT2D eigenvalue weighted by Gasteiger charge is -2.38. The minimum atomic E-state index is -0.942. The van der Waals surface area contributed by atoms with Crippen molar-refractivity contribution in [1.82, 2.24) is 35.2 Å². The number of esters is 1. The largest absolute Gasteiger partial charge is 0.464 e. The van der Waals surface area contributed by atoms with Gasteiger partial charge in [-0.1, -0.05) is 19.9 Å². The minimum Gasteiger partial charge on any atom is -0.464 e. The maximum Gasteiger partial charge on any atom is 0.324 e. The molecule has 4 aliphatic heterocycles. The molecule has 16 heteroatoms. The first-order valence-corrected chi connectivity index (χ1v) is 22.6. The molecule has 1 aliphatic carbocycles. The van der Waals surface area contributed by atoms with Crippen molar-refractivity contribution < 1.29 is 33.4 Å². The Balaban J connectivity index is 1.13. The van der Waals surface area contributed by atoms with Gasteiger partial charge in [0.25, 0.3) is 5.91 Å². The van der Waals surface area contributed by atoms with Crippen LogP contribution in [0.4, 0.5) is 0 Å². The van der Waals surface area contributed by atoms with E-state index in [1.165, 1.54) is 18.3 Å². The number of carbonyl (C=O) groups is 4. The second kappa shape index (κ2) is 14.9. The minimum absolute atomic E-state index is 0.0730. The van der Waals surface area contributed by atoms with Crippen LogP contribution < -0.4 is 10.7 Å². The summed E-state index contributed by atoms with van der Waals surface area (Å²) in [6.45, 7) is 12.1. The third-order valence-electron chi connectivity index (χ3n) is 12.9. The zero-order valence-corrected chi connectivity index (χ0v) is 36.2. The first-order chi connectivity index (χ1) is 28.3. The number of thiazole rings is 1. The molecule has 7 heterocycles. The Morgan fingerprint density at radius 2 is 2.02 bits per heavy atom. The average Bonchev–Trinajstić information content (AvgIpc) is 3.94. The average molecular weight is 838 g/mol. The van der Waals surface area contributed by atoms with Gasteiger partial charge in [-0.3, -0.25) is 29.2 Å². The molecule has 1 saturated carbocycles. The van der Waals surface area contributed by atoms with Gasteiger partial charge >= 0.3 is 5.97 Å². The first kappa shape index (κ1) is 40.0. The number of nitrogens with one attached hydrogen (secondary N) is 2. The summed E-state index contributed by atoms with van der Waals surface area (Å²) in [6.07, 6.45) is 2.85. The highest BCUT2D eigenvalue weighted by Crippen LogP contribution is 2.81. The number of methoxy groups -OCH3 is 1. The maximum absolute atomic E-state index is 14.9. The van der Waals surface area contributed by atoms with Crippen molar-refractivity contribution in [2.24, 2.45) is 10.8 Å². The van der Waals surface area contributed by atoms with Gasteiger partial charge in [0, 0.05) is 84.3 Å². The summed E-state index contributed by atoms with van der Waals surface area (Å²) in [5, 5.41) is 8.03. The summed E-state index contributed by atoms with van der Waals surface area (Å²) in [7, 11) is 2.05. The standard InChI is InChI=1S/C43H51N7O7SSi/c1-7-49-32-13-12-26-18-28(32)29(36(49)27-10-8-14-44-35(27)24(2)55-6)19-41(4,5)23-57-38(53)30-11-9-15-50(47-30)40(54)42(20-34-45-31(26)22-58-34)39-43(42,59-39)46-37(52)33-21-48(25(3)51)16-17-56-33/h8,10,12-14,18,22,24,30,33,39,47H,7,9,11,15-17,19-21,23H2,1-6H3,(H,46,52)/t24-,30-,33-,39?,42?,43?/m0/s1. The molecule has 5 aliphatic rings. The summed E-state index contributed by atoms with van der Waals surface area (Å²) in [5.41, 5.74) is 8.68. The predicted molar refractivity (Wildman–Crippen MR) is 222 cm³/mol. The van der Waals surface area contributed by atoms with Gasteiger partial charge in [-0.15, -0.1) is 11.3 Å². The Labute approximate surface area is 350 Å². The van der Waals surface area contributed by atoms with Crippen LogP contribution in [0.25, 0.3) is 33.4 Å². The lowest BCUT2D eigenvalue weighted by molar-refractivity contribution is -0.156. The number of benzene rings is 1. The third-order valence-corrected chi connectivity index (χ3v) is 16.0. The van der Waals surface area contributed by atoms with Crippen molar-refractivity contribution >= 4 is 55.5 Å². The Hall–Kier alpha value is -4.48. The molecule has 4 aromatic rings. The summed E-state index contributed by atoms with van der Waals surface area (Å²) in [4.78, 5) is 66.3. The smallest absolute Gasteiger partial charge is 0.324 e. The number of hydrogen-bond acceptors (Lipinski definition) is 11. The Morgan fingerprint density at radius 3 is 2.78 bits per heavy atom. The number of carbonyl (C=O) groups excluding carboxylic acids is 4. The van der Waals surface area contributed by atoms with Gasteiger partial charge < -0.3 is 29.0 Å². The Kier molecular flexibility index (Phi) is 10.1. The Morgan fingerprint density at radius 1 is 1.19 bits per heavy atom. The number of fused-ring (bicyclic) bond motifs is 9. The van der Waals surface area contributed by atoms with Gasteiger partial charge in [-0.2, -0.15) is 0 Å². The summed E-state index contributed by atoms with van der Waals surface area (Å²) in [6, 6.07) is 9.86. The van der Waals surface area contributed by atoms with Gasteiger partial charge in [0.1, 0.15) is 6.04 Å². The fourth-order valence-corrected chi connectivity index (χ4v) is 12.5. The molecule has 3 saturated heterocycles. The van der Waals surface area contributed by atoms with E-state index in [1.807, 2.05) is 13.0 Å². The molecule has 14 nitrogen and oxygen atoms in total. The first-order valence-electron chi connectivity index (χ1n) is 20.6. The molecule has 2 N–H and O–H groups in total. The summed E-state index contributed by atoms with van der Waals surface area (Å²) >= 11 is 1.52. The number of morpholine rings is 1. The third kappa shape index (κ3) is 6.71. The second-order valence-corrected chi connectivity index (χ2v) is 19.9. The molecule has 6 atom stereocenters. The Bertz CT molecular complexity index is 2360. The van der Waals surface area contributed by atoms with E-state index in [0.29, 0.717) is 48.3 Å². The van der Waals surface area contributed by atoms with Crippen LogP contribution in [0.5, 0.6) is 0 Å². The molecule has 3 amide bonds. The van der Waals surface area contributed by atoms with E-state index in [9.17, 15) is 19.2 Å². The summed E-state index contributed by atoms with van der Waals surface area (Å²) in [5.74, 6) is -0.970. The van der Waals surface area contributed by atoms with E-state index >= 15 is 0 Å². The van der Waals surface area contributed by atoms with Crippen LogP contribution in [-0.2, 0) is 52.8 Å². The molecule has 310 valence electrons. The molecule has 3 unspecified atom stereocenters. The SMILES string of the molecule is CCn1c(-c2cccnc2[C@H](C)OC)c2c3cc(ccc31)-c1csc(n1)CC1(C(=O)N3CCC[C@H](N3)C(=O)OCC(C)(C)C2)C2[Si]C21NC(=O)[C@@H]1CN(C(C)=O)CCO1. The van der Waals surface area contributed by atoms with E-state index in [1.54, 1.807) is 23.2 Å². The van der Waals surface area contributed by atoms with Gasteiger partial charge in [0.2, 0.25) is 11.8 Å². The number of ether oxygens (including phenoxy) is 3. The second-order valence-electron chi connectivity index (χ2n) is 17.3. The number of aryl methyl sites for hydroxylation is 1. The molecular formula is C43H51N7O7SSi. The van der Waals surface area contributed by atoms with E-state index in [-0.39, 0.29) is 49.1 Å². The maximum atomic E-state index is 14.9. The number of aromatic nitrogens is 3. The fraction of sp³-hybridized carbons (Fsp3) is 0.535. The monoisotopic (exact) mass is 837 g/mol. The van der Waals surface area contributed by atoms with E-state index in [2.05, 4.69) is 65.7 Å². The molecule has 4 fully saturated rings. The number of rotatable bonds is 6. The van der Waals surface area contributed by atoms with Crippen LogP contribution in [0.1, 0.15) is 69.8 Å².